The van der Waals surface area contributed by atoms with Gasteiger partial charge in [0.1, 0.15) is 17.1 Å². The van der Waals surface area contributed by atoms with E-state index in [9.17, 15) is 5.11 Å². The summed E-state index contributed by atoms with van der Waals surface area (Å²) < 4.78 is 0. The van der Waals surface area contributed by atoms with Crippen LogP contribution in [0.15, 0.2) is 48.5 Å². The Bertz CT molecular complexity index is 677. The minimum Gasteiger partial charge on any atom is -0.386 e. The summed E-state index contributed by atoms with van der Waals surface area (Å²) in [7, 11) is 0. The number of hydrogen-bond donors (Lipinski definition) is 1. The number of hydrogen-bond acceptors (Lipinski definition) is 3. The van der Waals surface area contributed by atoms with Crippen LogP contribution in [-0.2, 0) is 6.54 Å². The molecule has 1 heterocycles. The monoisotopic (exact) mass is 273 g/mol. The normalized spacial score (nSPS) is 12.7. The van der Waals surface area contributed by atoms with Crippen LogP contribution in [-0.4, -0.2) is 20.1 Å². The summed E-state index contributed by atoms with van der Waals surface area (Å²) in [5.74, 6) is 0. The molecule has 1 atom stereocenters. The van der Waals surface area contributed by atoms with E-state index in [-0.39, 0.29) is 6.54 Å². The van der Waals surface area contributed by atoms with Gasteiger partial charge in [0.2, 0.25) is 0 Å². The number of fused-ring (bicyclic) bond motifs is 1. The Morgan fingerprint density at radius 2 is 1.58 bits per heavy atom. The van der Waals surface area contributed by atoms with Gasteiger partial charge < -0.3 is 5.11 Å². The van der Waals surface area contributed by atoms with E-state index in [4.69, 9.17) is 11.6 Å². The summed E-state index contributed by atoms with van der Waals surface area (Å²) in [6, 6.07) is 14.8. The van der Waals surface area contributed by atoms with E-state index in [1.54, 1.807) is 12.1 Å². The molecule has 1 N–H and O–H groups in total. The SMILES string of the molecule is O[C@@H](Cn1nc2ccccc2n1)c1ccccc1Cl. The molecule has 0 saturated carbocycles. The van der Waals surface area contributed by atoms with E-state index in [1.165, 1.54) is 4.80 Å². The van der Waals surface area contributed by atoms with Gasteiger partial charge in [-0.05, 0) is 18.2 Å². The first-order valence-electron chi connectivity index (χ1n) is 5.96. The van der Waals surface area contributed by atoms with Crippen LogP contribution in [0.5, 0.6) is 0 Å². The molecule has 1 aromatic heterocycles. The zero-order valence-corrected chi connectivity index (χ0v) is 10.8. The molecule has 0 aliphatic rings. The fourth-order valence-corrected chi connectivity index (χ4v) is 2.25. The summed E-state index contributed by atoms with van der Waals surface area (Å²) in [6.45, 7) is 0.276. The molecular weight excluding hydrogens is 262 g/mol. The van der Waals surface area contributed by atoms with E-state index >= 15 is 0 Å². The van der Waals surface area contributed by atoms with Crippen molar-refractivity contribution in [2.45, 2.75) is 12.6 Å². The van der Waals surface area contributed by atoms with Crippen molar-refractivity contribution in [2.24, 2.45) is 0 Å². The van der Waals surface area contributed by atoms with Gasteiger partial charge in [0.15, 0.2) is 0 Å². The molecule has 0 unspecified atom stereocenters. The van der Waals surface area contributed by atoms with Gasteiger partial charge in [0.05, 0.1) is 6.54 Å². The molecule has 4 nitrogen and oxygen atoms in total. The van der Waals surface area contributed by atoms with Crippen molar-refractivity contribution in [3.63, 3.8) is 0 Å². The standard InChI is InChI=1S/C14H12ClN3O/c15-11-6-2-1-5-10(11)14(19)9-18-16-12-7-3-4-8-13(12)17-18/h1-8,14,19H,9H2/t14-/m0/s1. The second-order valence-corrected chi connectivity index (χ2v) is 4.69. The average Bonchev–Trinajstić information content (AvgIpc) is 2.81. The number of halogens is 1. The lowest BCUT2D eigenvalue weighted by molar-refractivity contribution is 0.146. The van der Waals surface area contributed by atoms with Gasteiger partial charge >= 0.3 is 0 Å². The first-order chi connectivity index (χ1) is 9.24. The van der Waals surface area contributed by atoms with Crippen molar-refractivity contribution in [1.82, 2.24) is 15.0 Å². The van der Waals surface area contributed by atoms with Crippen LogP contribution >= 0.6 is 11.6 Å². The van der Waals surface area contributed by atoms with Crippen molar-refractivity contribution in [3.8, 4) is 0 Å². The van der Waals surface area contributed by atoms with Crippen LogP contribution in [0.1, 0.15) is 11.7 Å². The molecule has 0 fully saturated rings. The van der Waals surface area contributed by atoms with E-state index in [0.717, 1.165) is 11.0 Å². The van der Waals surface area contributed by atoms with Crippen molar-refractivity contribution in [2.75, 3.05) is 0 Å². The van der Waals surface area contributed by atoms with Gasteiger partial charge in [0, 0.05) is 10.6 Å². The number of aromatic nitrogens is 3. The first kappa shape index (κ1) is 12.1. The Hall–Kier alpha value is -1.91. The van der Waals surface area contributed by atoms with Gasteiger partial charge in [-0.3, -0.25) is 0 Å². The zero-order valence-electron chi connectivity index (χ0n) is 10.1. The number of nitrogens with zero attached hydrogens (tertiary/aromatic N) is 3. The highest BCUT2D eigenvalue weighted by Gasteiger charge is 2.13. The molecule has 2 aromatic carbocycles. The van der Waals surface area contributed by atoms with Crippen LogP contribution in [0.25, 0.3) is 11.0 Å². The predicted octanol–water partition coefficient (Wildman–Crippen LogP) is 2.82. The highest BCUT2D eigenvalue weighted by molar-refractivity contribution is 6.31. The maximum absolute atomic E-state index is 10.2. The molecule has 0 aliphatic carbocycles. The summed E-state index contributed by atoms with van der Waals surface area (Å²) >= 11 is 6.05. The molecule has 0 saturated heterocycles. The highest BCUT2D eigenvalue weighted by atomic mass is 35.5. The lowest BCUT2D eigenvalue weighted by atomic mass is 10.1. The molecule has 0 amide bonds. The summed E-state index contributed by atoms with van der Waals surface area (Å²) in [5, 5.41) is 19.4. The average molecular weight is 274 g/mol. The molecule has 0 radical (unpaired) electrons. The van der Waals surface area contributed by atoms with E-state index in [2.05, 4.69) is 10.2 Å². The van der Waals surface area contributed by atoms with Gasteiger partial charge in [-0.15, -0.1) is 0 Å². The molecular formula is C14H12ClN3O. The molecule has 19 heavy (non-hydrogen) atoms. The van der Waals surface area contributed by atoms with Crippen LogP contribution in [0.4, 0.5) is 0 Å². The Morgan fingerprint density at radius 1 is 1.00 bits per heavy atom. The third-order valence-electron chi connectivity index (χ3n) is 2.93. The Balaban J connectivity index is 1.86. The largest absolute Gasteiger partial charge is 0.386 e. The number of benzene rings is 2. The maximum atomic E-state index is 10.2. The van der Waals surface area contributed by atoms with Gasteiger partial charge in [-0.1, -0.05) is 41.9 Å². The molecule has 0 aliphatic heterocycles. The van der Waals surface area contributed by atoms with Gasteiger partial charge in [-0.2, -0.15) is 15.0 Å². The zero-order chi connectivity index (χ0) is 13.2. The Morgan fingerprint density at radius 3 is 2.21 bits per heavy atom. The number of aliphatic hydroxyl groups is 1. The van der Waals surface area contributed by atoms with Crippen LogP contribution < -0.4 is 0 Å². The summed E-state index contributed by atoms with van der Waals surface area (Å²) in [4.78, 5) is 1.50. The quantitative estimate of drug-likeness (QED) is 0.798. The van der Waals surface area contributed by atoms with Crippen molar-refractivity contribution >= 4 is 22.6 Å². The molecule has 96 valence electrons. The maximum Gasteiger partial charge on any atom is 0.113 e. The summed E-state index contributed by atoms with van der Waals surface area (Å²) in [6.07, 6.45) is -0.726. The smallest absolute Gasteiger partial charge is 0.113 e. The minimum absolute atomic E-state index is 0.276. The Labute approximate surface area is 115 Å². The third kappa shape index (κ3) is 2.45. The van der Waals surface area contributed by atoms with E-state index < -0.39 is 6.10 Å². The van der Waals surface area contributed by atoms with Crippen LogP contribution in [0, 0.1) is 0 Å². The second-order valence-electron chi connectivity index (χ2n) is 4.28. The first-order valence-corrected chi connectivity index (χ1v) is 6.34. The Kier molecular flexibility index (Phi) is 3.19. The molecule has 0 spiro atoms. The molecule has 3 rings (SSSR count). The third-order valence-corrected chi connectivity index (χ3v) is 3.27. The predicted molar refractivity (Wildman–Crippen MR) is 73.9 cm³/mol. The van der Waals surface area contributed by atoms with Crippen LogP contribution in [0.2, 0.25) is 5.02 Å². The number of aliphatic hydroxyl groups excluding tert-OH is 1. The number of rotatable bonds is 3. The summed E-state index contributed by atoms with van der Waals surface area (Å²) in [5.41, 5.74) is 2.31. The van der Waals surface area contributed by atoms with Crippen molar-refractivity contribution in [3.05, 3.63) is 59.1 Å². The van der Waals surface area contributed by atoms with E-state index in [0.29, 0.717) is 10.6 Å². The van der Waals surface area contributed by atoms with Gasteiger partial charge in [0.25, 0.3) is 0 Å². The molecule has 5 heteroatoms. The fourth-order valence-electron chi connectivity index (χ4n) is 1.98. The lowest BCUT2D eigenvalue weighted by Crippen LogP contribution is -2.11. The van der Waals surface area contributed by atoms with E-state index in [1.807, 2.05) is 36.4 Å². The fraction of sp³-hybridized carbons (Fsp3) is 0.143. The topological polar surface area (TPSA) is 50.9 Å². The molecule has 3 aromatic rings. The van der Waals surface area contributed by atoms with Crippen molar-refractivity contribution < 1.29 is 5.11 Å². The minimum atomic E-state index is -0.726. The lowest BCUT2D eigenvalue weighted by Gasteiger charge is -2.11. The van der Waals surface area contributed by atoms with Crippen LogP contribution in [0.3, 0.4) is 0 Å². The van der Waals surface area contributed by atoms with Crippen molar-refractivity contribution in [1.29, 1.82) is 0 Å². The second kappa shape index (κ2) is 4.99. The molecule has 0 bridgehead atoms. The highest BCUT2D eigenvalue weighted by Crippen LogP contribution is 2.23. The van der Waals surface area contributed by atoms with Gasteiger partial charge in [-0.25, -0.2) is 0 Å².